The summed E-state index contributed by atoms with van der Waals surface area (Å²) in [4.78, 5) is 0. The van der Waals surface area contributed by atoms with Crippen molar-refractivity contribution in [3.8, 4) is 11.5 Å². The van der Waals surface area contributed by atoms with E-state index in [1.807, 2.05) is 12.1 Å². The van der Waals surface area contributed by atoms with Crippen molar-refractivity contribution in [2.75, 3.05) is 27.3 Å². The Hall–Kier alpha value is -1.26. The van der Waals surface area contributed by atoms with Crippen molar-refractivity contribution < 1.29 is 9.47 Å². The molecule has 0 amide bonds. The first-order chi connectivity index (χ1) is 11.2. The van der Waals surface area contributed by atoms with E-state index in [1.165, 1.54) is 37.7 Å². The van der Waals surface area contributed by atoms with Gasteiger partial charge in [-0.1, -0.05) is 25.3 Å². The largest absolute Gasteiger partial charge is 0.493 e. The average molecular weight is 320 g/mol. The number of rotatable bonds is 9. The van der Waals surface area contributed by atoms with Crippen molar-refractivity contribution in [1.82, 2.24) is 10.6 Å². The van der Waals surface area contributed by atoms with E-state index in [-0.39, 0.29) is 0 Å². The smallest absolute Gasteiger partial charge is 0.161 e. The Balaban J connectivity index is 1.65. The quantitative estimate of drug-likeness (QED) is 0.685. The van der Waals surface area contributed by atoms with Crippen LogP contribution < -0.4 is 20.1 Å². The fraction of sp³-hybridized carbons (Fsp3) is 0.684. The SMILES string of the molecule is COc1ccc(CNCCN[C@@H](C)C2CCCCC2)cc1OC. The third kappa shape index (κ3) is 5.70. The van der Waals surface area contributed by atoms with Crippen LogP contribution in [0.25, 0.3) is 0 Å². The molecule has 2 rings (SSSR count). The number of methoxy groups -OCH3 is 2. The summed E-state index contributed by atoms with van der Waals surface area (Å²) in [5, 5.41) is 7.16. The molecule has 0 radical (unpaired) electrons. The number of hydrogen-bond acceptors (Lipinski definition) is 4. The Morgan fingerprint density at radius 2 is 1.78 bits per heavy atom. The standard InChI is InChI=1S/C19H32N2O2/c1-15(17-7-5-4-6-8-17)21-12-11-20-14-16-9-10-18(22-2)19(13-16)23-3/h9-10,13,15,17,20-21H,4-8,11-12,14H2,1-3H3/t15-/m0/s1. The van der Waals surface area contributed by atoms with Gasteiger partial charge in [0.1, 0.15) is 0 Å². The monoisotopic (exact) mass is 320 g/mol. The van der Waals surface area contributed by atoms with Crippen LogP contribution >= 0.6 is 0 Å². The second-order valence-corrected chi connectivity index (χ2v) is 6.51. The zero-order valence-corrected chi connectivity index (χ0v) is 14.9. The molecule has 130 valence electrons. The van der Waals surface area contributed by atoms with Crippen molar-refractivity contribution in [2.24, 2.45) is 5.92 Å². The van der Waals surface area contributed by atoms with Crippen LogP contribution in [0.5, 0.6) is 11.5 Å². The molecule has 1 aliphatic rings. The first kappa shape index (κ1) is 18.1. The van der Waals surface area contributed by atoms with Crippen molar-refractivity contribution >= 4 is 0 Å². The van der Waals surface area contributed by atoms with Gasteiger partial charge in [0.25, 0.3) is 0 Å². The van der Waals surface area contributed by atoms with Crippen LogP contribution in [0.4, 0.5) is 0 Å². The Morgan fingerprint density at radius 1 is 1.04 bits per heavy atom. The summed E-state index contributed by atoms with van der Waals surface area (Å²) in [7, 11) is 3.33. The predicted octanol–water partition coefficient (Wildman–Crippen LogP) is 3.35. The van der Waals surface area contributed by atoms with Crippen LogP contribution in [-0.2, 0) is 6.54 Å². The molecule has 0 heterocycles. The maximum Gasteiger partial charge on any atom is 0.161 e. The minimum absolute atomic E-state index is 0.637. The normalized spacial score (nSPS) is 17.0. The van der Waals surface area contributed by atoms with Crippen LogP contribution in [0.3, 0.4) is 0 Å². The highest BCUT2D eigenvalue weighted by atomic mass is 16.5. The highest BCUT2D eigenvalue weighted by molar-refractivity contribution is 5.42. The second kappa shape index (κ2) is 9.78. The molecule has 4 heteroatoms. The fourth-order valence-electron chi connectivity index (χ4n) is 3.41. The Labute approximate surface area is 140 Å². The molecule has 1 atom stereocenters. The van der Waals surface area contributed by atoms with Crippen LogP contribution in [0.2, 0.25) is 0 Å². The average Bonchev–Trinajstić information content (AvgIpc) is 2.61. The Morgan fingerprint density at radius 3 is 2.48 bits per heavy atom. The van der Waals surface area contributed by atoms with Gasteiger partial charge in [-0.2, -0.15) is 0 Å². The number of ether oxygens (including phenoxy) is 2. The highest BCUT2D eigenvalue weighted by Gasteiger charge is 2.19. The van der Waals surface area contributed by atoms with Crippen molar-refractivity contribution in [3.63, 3.8) is 0 Å². The molecule has 0 unspecified atom stereocenters. The maximum atomic E-state index is 5.34. The second-order valence-electron chi connectivity index (χ2n) is 6.51. The summed E-state index contributed by atoms with van der Waals surface area (Å²) in [5.41, 5.74) is 1.21. The molecule has 1 aliphatic carbocycles. The van der Waals surface area contributed by atoms with E-state index in [0.29, 0.717) is 6.04 Å². The van der Waals surface area contributed by atoms with Crippen LogP contribution in [-0.4, -0.2) is 33.4 Å². The molecule has 23 heavy (non-hydrogen) atoms. The lowest BCUT2D eigenvalue weighted by atomic mass is 9.84. The minimum atomic E-state index is 0.637. The van der Waals surface area contributed by atoms with Crippen molar-refractivity contribution in [1.29, 1.82) is 0 Å². The lowest BCUT2D eigenvalue weighted by molar-refractivity contribution is 0.282. The molecule has 0 bridgehead atoms. The van der Waals surface area contributed by atoms with E-state index in [9.17, 15) is 0 Å². The van der Waals surface area contributed by atoms with Gasteiger partial charge in [-0.3, -0.25) is 0 Å². The number of benzene rings is 1. The van der Waals surface area contributed by atoms with Gasteiger partial charge in [-0.25, -0.2) is 0 Å². The van der Waals surface area contributed by atoms with E-state index in [1.54, 1.807) is 14.2 Å². The third-order valence-electron chi connectivity index (χ3n) is 4.90. The Bertz CT molecular complexity index is 459. The number of hydrogen-bond donors (Lipinski definition) is 2. The molecule has 1 fully saturated rings. The topological polar surface area (TPSA) is 42.5 Å². The molecule has 1 saturated carbocycles. The van der Waals surface area contributed by atoms with Gasteiger partial charge in [0.15, 0.2) is 11.5 Å². The van der Waals surface area contributed by atoms with E-state index in [2.05, 4.69) is 23.6 Å². The molecular weight excluding hydrogens is 288 g/mol. The Kier molecular flexibility index (Phi) is 7.69. The summed E-state index contributed by atoms with van der Waals surface area (Å²) in [6, 6.07) is 6.70. The molecule has 2 N–H and O–H groups in total. The fourth-order valence-corrected chi connectivity index (χ4v) is 3.41. The molecule has 0 spiro atoms. The summed E-state index contributed by atoms with van der Waals surface area (Å²) >= 11 is 0. The van der Waals surface area contributed by atoms with Crippen LogP contribution in [0, 0.1) is 5.92 Å². The molecule has 0 aliphatic heterocycles. The minimum Gasteiger partial charge on any atom is -0.493 e. The zero-order chi connectivity index (χ0) is 16.5. The van der Waals surface area contributed by atoms with Crippen LogP contribution in [0.15, 0.2) is 18.2 Å². The molecular formula is C19H32N2O2. The van der Waals surface area contributed by atoms with Gasteiger partial charge in [0, 0.05) is 25.7 Å². The summed E-state index contributed by atoms with van der Waals surface area (Å²) in [5.74, 6) is 2.43. The van der Waals surface area contributed by atoms with Gasteiger partial charge in [0.2, 0.25) is 0 Å². The molecule has 1 aromatic carbocycles. The van der Waals surface area contributed by atoms with E-state index in [4.69, 9.17) is 9.47 Å². The summed E-state index contributed by atoms with van der Waals surface area (Å²) in [6.07, 6.45) is 7.04. The van der Waals surface area contributed by atoms with Gasteiger partial charge in [-0.15, -0.1) is 0 Å². The first-order valence-electron chi connectivity index (χ1n) is 8.89. The third-order valence-corrected chi connectivity index (χ3v) is 4.90. The van der Waals surface area contributed by atoms with E-state index >= 15 is 0 Å². The lowest BCUT2D eigenvalue weighted by Gasteiger charge is -2.28. The molecule has 0 aromatic heterocycles. The molecule has 1 aromatic rings. The van der Waals surface area contributed by atoms with Crippen LogP contribution in [0.1, 0.15) is 44.6 Å². The van der Waals surface area contributed by atoms with Gasteiger partial charge >= 0.3 is 0 Å². The van der Waals surface area contributed by atoms with Crippen molar-refractivity contribution in [3.05, 3.63) is 23.8 Å². The lowest BCUT2D eigenvalue weighted by Crippen LogP contribution is -2.38. The van der Waals surface area contributed by atoms with Gasteiger partial charge < -0.3 is 20.1 Å². The maximum absolute atomic E-state index is 5.34. The summed E-state index contributed by atoms with van der Waals surface area (Å²) in [6.45, 7) is 5.18. The zero-order valence-electron chi connectivity index (χ0n) is 14.9. The van der Waals surface area contributed by atoms with Gasteiger partial charge in [0.05, 0.1) is 14.2 Å². The summed E-state index contributed by atoms with van der Waals surface area (Å²) < 4.78 is 10.6. The number of nitrogens with one attached hydrogen (secondary N) is 2. The van der Waals surface area contributed by atoms with E-state index in [0.717, 1.165) is 37.1 Å². The molecule has 4 nitrogen and oxygen atoms in total. The first-order valence-corrected chi connectivity index (χ1v) is 8.89. The van der Waals surface area contributed by atoms with Gasteiger partial charge in [-0.05, 0) is 43.4 Å². The molecule has 0 saturated heterocycles. The van der Waals surface area contributed by atoms with Crippen molar-refractivity contribution in [2.45, 2.75) is 51.6 Å². The van der Waals surface area contributed by atoms with E-state index < -0.39 is 0 Å². The predicted molar refractivity (Wildman–Crippen MR) is 95.3 cm³/mol. The highest BCUT2D eigenvalue weighted by Crippen LogP contribution is 2.27.